The van der Waals surface area contributed by atoms with Crippen LogP contribution < -0.4 is 4.90 Å². The van der Waals surface area contributed by atoms with Gasteiger partial charge in [0.25, 0.3) is 5.91 Å². The standard InChI is InChI=1S/C13H11Cl3N2O3S2/c14-4-12(19)17-13-18(7-1-2-8(15)9(16)3-7)10-5-23(20,21)6-11(10)22-13/h1-3,10-11H,4-6H2. The maximum atomic E-state index is 11.9. The van der Waals surface area contributed by atoms with Crippen molar-refractivity contribution in [3.63, 3.8) is 0 Å². The lowest BCUT2D eigenvalue weighted by atomic mass is 10.2. The molecule has 2 atom stereocenters. The summed E-state index contributed by atoms with van der Waals surface area (Å²) in [6.45, 7) is 0. The largest absolute Gasteiger partial charge is 0.316 e. The van der Waals surface area contributed by atoms with Crippen molar-refractivity contribution in [3.05, 3.63) is 28.2 Å². The third-order valence-electron chi connectivity index (χ3n) is 3.58. The summed E-state index contributed by atoms with van der Waals surface area (Å²) in [6.07, 6.45) is 0. The summed E-state index contributed by atoms with van der Waals surface area (Å²) in [6, 6.07) is 4.70. The molecule has 0 bridgehead atoms. The maximum Gasteiger partial charge on any atom is 0.262 e. The number of hydrogen-bond donors (Lipinski definition) is 0. The molecule has 2 saturated heterocycles. The lowest BCUT2D eigenvalue weighted by Gasteiger charge is -2.24. The predicted molar refractivity (Wildman–Crippen MR) is 95.9 cm³/mol. The minimum Gasteiger partial charge on any atom is -0.316 e. The van der Waals surface area contributed by atoms with Gasteiger partial charge in [-0.05, 0) is 18.2 Å². The van der Waals surface area contributed by atoms with E-state index in [0.717, 1.165) is 0 Å². The van der Waals surface area contributed by atoms with Crippen LogP contribution in [0.3, 0.4) is 0 Å². The Bertz CT molecular complexity index is 798. The first-order valence-electron chi connectivity index (χ1n) is 6.59. The van der Waals surface area contributed by atoms with Gasteiger partial charge in [-0.25, -0.2) is 8.42 Å². The molecule has 2 unspecified atom stereocenters. The van der Waals surface area contributed by atoms with Crippen molar-refractivity contribution in [2.45, 2.75) is 11.3 Å². The van der Waals surface area contributed by atoms with Gasteiger partial charge in [0.05, 0.1) is 27.6 Å². The molecule has 23 heavy (non-hydrogen) atoms. The van der Waals surface area contributed by atoms with Crippen LogP contribution in [0.5, 0.6) is 0 Å². The summed E-state index contributed by atoms with van der Waals surface area (Å²) in [7, 11) is -3.11. The normalized spacial score (nSPS) is 27.4. The topological polar surface area (TPSA) is 66.8 Å². The first-order valence-corrected chi connectivity index (χ1v) is 10.6. The molecule has 0 aromatic heterocycles. The molecule has 1 aromatic carbocycles. The summed E-state index contributed by atoms with van der Waals surface area (Å²) in [5.74, 6) is -0.623. The fraction of sp³-hybridized carbons (Fsp3) is 0.385. The fourth-order valence-corrected chi connectivity index (χ4v) is 6.92. The number of sulfone groups is 1. The predicted octanol–water partition coefficient (Wildman–Crippen LogP) is 2.83. The quantitative estimate of drug-likeness (QED) is 0.698. The Hall–Kier alpha value is -0.470. The molecule has 0 radical (unpaired) electrons. The first-order chi connectivity index (χ1) is 10.8. The molecule has 0 N–H and O–H groups in total. The smallest absolute Gasteiger partial charge is 0.262 e. The van der Waals surface area contributed by atoms with Crippen molar-refractivity contribution in [1.82, 2.24) is 0 Å². The second-order valence-corrected chi connectivity index (χ2v) is 9.63. The average Bonchev–Trinajstić information content (AvgIpc) is 2.93. The SMILES string of the molecule is O=C(CCl)N=C1SC2CS(=O)(=O)CC2N1c1ccc(Cl)c(Cl)c1. The molecule has 124 valence electrons. The lowest BCUT2D eigenvalue weighted by molar-refractivity contribution is -0.115. The van der Waals surface area contributed by atoms with Gasteiger partial charge in [-0.3, -0.25) is 4.79 Å². The van der Waals surface area contributed by atoms with Crippen molar-refractivity contribution in [1.29, 1.82) is 0 Å². The molecule has 2 aliphatic heterocycles. The second-order valence-electron chi connectivity index (χ2n) is 5.19. The highest BCUT2D eigenvalue weighted by atomic mass is 35.5. The third-order valence-corrected chi connectivity index (χ3v) is 7.76. The van der Waals surface area contributed by atoms with Crippen LogP contribution in [0.4, 0.5) is 5.69 Å². The van der Waals surface area contributed by atoms with Crippen LogP contribution in [0.1, 0.15) is 0 Å². The Morgan fingerprint density at radius 2 is 2.04 bits per heavy atom. The van der Waals surface area contributed by atoms with Gasteiger partial charge in [0, 0.05) is 10.9 Å². The van der Waals surface area contributed by atoms with Gasteiger partial charge < -0.3 is 4.90 Å². The molecular weight excluding hydrogens is 403 g/mol. The van der Waals surface area contributed by atoms with E-state index in [4.69, 9.17) is 34.8 Å². The zero-order valence-electron chi connectivity index (χ0n) is 11.6. The van der Waals surface area contributed by atoms with Crippen molar-refractivity contribution in [2.75, 3.05) is 22.3 Å². The number of thioether (sulfide) groups is 1. The van der Waals surface area contributed by atoms with E-state index < -0.39 is 15.7 Å². The molecule has 3 rings (SSSR count). The minimum absolute atomic E-state index is 0.0129. The number of benzene rings is 1. The summed E-state index contributed by atoms with van der Waals surface area (Å²) in [4.78, 5) is 17.3. The Morgan fingerprint density at radius 1 is 1.30 bits per heavy atom. The lowest BCUT2D eigenvalue weighted by Crippen LogP contribution is -2.37. The molecule has 1 amide bonds. The fourth-order valence-electron chi connectivity index (χ4n) is 2.64. The van der Waals surface area contributed by atoms with Crippen LogP contribution in [0, 0.1) is 0 Å². The second kappa shape index (κ2) is 6.44. The first kappa shape index (κ1) is 17.4. The van der Waals surface area contributed by atoms with Crippen LogP contribution in [0.25, 0.3) is 0 Å². The summed E-state index contributed by atoms with van der Waals surface area (Å²) in [5.41, 5.74) is 0.651. The van der Waals surface area contributed by atoms with Crippen LogP contribution in [0.15, 0.2) is 23.2 Å². The number of aliphatic imine (C=N–C) groups is 1. The molecule has 2 aliphatic rings. The molecule has 0 spiro atoms. The molecular formula is C13H11Cl3N2O3S2. The van der Waals surface area contributed by atoms with Crippen molar-refractivity contribution in [2.24, 2.45) is 4.99 Å². The van der Waals surface area contributed by atoms with Crippen LogP contribution in [-0.4, -0.2) is 48.2 Å². The number of alkyl halides is 1. The van der Waals surface area contributed by atoms with E-state index >= 15 is 0 Å². The van der Waals surface area contributed by atoms with E-state index in [9.17, 15) is 13.2 Å². The van der Waals surface area contributed by atoms with Gasteiger partial charge in [-0.1, -0.05) is 35.0 Å². The van der Waals surface area contributed by atoms with Crippen molar-refractivity contribution < 1.29 is 13.2 Å². The zero-order chi connectivity index (χ0) is 16.8. The van der Waals surface area contributed by atoms with Gasteiger partial charge in [0.2, 0.25) is 0 Å². The van der Waals surface area contributed by atoms with Gasteiger partial charge in [-0.2, -0.15) is 4.99 Å². The van der Waals surface area contributed by atoms with E-state index in [-0.39, 0.29) is 28.7 Å². The third kappa shape index (κ3) is 3.49. The molecule has 2 heterocycles. The summed E-state index contributed by atoms with van der Waals surface area (Å²) in [5, 5.41) is 1.02. The van der Waals surface area contributed by atoms with Crippen molar-refractivity contribution >= 4 is 73.2 Å². The molecule has 10 heteroatoms. The van der Waals surface area contributed by atoms with E-state index in [1.165, 1.54) is 11.8 Å². The molecule has 0 saturated carbocycles. The monoisotopic (exact) mass is 412 g/mol. The number of nitrogens with zero attached hydrogens (tertiary/aromatic N) is 2. The molecule has 2 fully saturated rings. The highest BCUT2D eigenvalue weighted by Crippen LogP contribution is 2.42. The highest BCUT2D eigenvalue weighted by molar-refractivity contribution is 8.16. The highest BCUT2D eigenvalue weighted by Gasteiger charge is 2.49. The van der Waals surface area contributed by atoms with Gasteiger partial charge >= 0.3 is 0 Å². The minimum atomic E-state index is -3.11. The number of rotatable bonds is 2. The Labute approximate surface area is 152 Å². The van der Waals surface area contributed by atoms with E-state index in [1.54, 1.807) is 23.1 Å². The van der Waals surface area contributed by atoms with Crippen LogP contribution in [-0.2, 0) is 14.6 Å². The maximum absolute atomic E-state index is 11.9. The van der Waals surface area contributed by atoms with E-state index in [1.807, 2.05) is 0 Å². The summed E-state index contributed by atoms with van der Waals surface area (Å²) >= 11 is 18.8. The van der Waals surface area contributed by atoms with Gasteiger partial charge in [0.1, 0.15) is 5.88 Å². The number of carbonyl (C=O) groups excluding carboxylic acids is 1. The van der Waals surface area contributed by atoms with E-state index in [2.05, 4.69) is 4.99 Å². The molecule has 5 nitrogen and oxygen atoms in total. The number of amidine groups is 1. The Balaban J connectivity index is 2.04. The number of amides is 1. The molecule has 1 aromatic rings. The number of fused-ring (bicyclic) bond motifs is 1. The number of carbonyl (C=O) groups is 1. The van der Waals surface area contributed by atoms with Gasteiger partial charge in [-0.15, -0.1) is 11.6 Å². The van der Waals surface area contributed by atoms with Crippen molar-refractivity contribution in [3.8, 4) is 0 Å². The van der Waals surface area contributed by atoms with Crippen LogP contribution in [0.2, 0.25) is 10.0 Å². The number of halogens is 3. The number of anilines is 1. The Kier molecular flexibility index (Phi) is 4.86. The van der Waals surface area contributed by atoms with Gasteiger partial charge in [0.15, 0.2) is 15.0 Å². The summed E-state index contributed by atoms with van der Waals surface area (Å²) < 4.78 is 23.8. The zero-order valence-corrected chi connectivity index (χ0v) is 15.5. The number of hydrogen-bond acceptors (Lipinski definition) is 4. The average molecular weight is 414 g/mol. The van der Waals surface area contributed by atoms with Crippen LogP contribution >= 0.6 is 46.6 Å². The Morgan fingerprint density at radius 3 is 2.70 bits per heavy atom. The van der Waals surface area contributed by atoms with E-state index in [0.29, 0.717) is 20.9 Å². The molecule has 0 aliphatic carbocycles.